The van der Waals surface area contributed by atoms with E-state index in [2.05, 4.69) is 33.8 Å². The van der Waals surface area contributed by atoms with Crippen LogP contribution in [-0.4, -0.2) is 45.7 Å². The molecule has 31 heavy (non-hydrogen) atoms. The summed E-state index contributed by atoms with van der Waals surface area (Å²) in [5.74, 6) is 1.61. The summed E-state index contributed by atoms with van der Waals surface area (Å²) >= 11 is 3.25. The molecular formula is C21H27N5O3S2. The van der Waals surface area contributed by atoms with Crippen LogP contribution < -0.4 is 10.6 Å². The first-order chi connectivity index (χ1) is 15.0. The van der Waals surface area contributed by atoms with Crippen LogP contribution in [0.2, 0.25) is 0 Å². The van der Waals surface area contributed by atoms with Crippen LogP contribution in [0.4, 0.5) is 4.79 Å². The molecule has 0 radical (unpaired) electrons. The molecule has 0 saturated heterocycles. The molecule has 1 aliphatic carbocycles. The van der Waals surface area contributed by atoms with Crippen LogP contribution in [0.3, 0.4) is 0 Å². The fourth-order valence-corrected chi connectivity index (χ4v) is 6.05. The van der Waals surface area contributed by atoms with E-state index in [9.17, 15) is 9.59 Å². The van der Waals surface area contributed by atoms with Crippen molar-refractivity contribution in [1.82, 2.24) is 25.4 Å². The van der Waals surface area contributed by atoms with E-state index in [-0.39, 0.29) is 19.2 Å². The summed E-state index contributed by atoms with van der Waals surface area (Å²) in [4.78, 5) is 26.6. The number of amides is 2. The average molecular weight is 462 g/mol. The molecule has 0 saturated carbocycles. The molecule has 4 rings (SSSR count). The molecule has 1 atom stereocenters. The minimum absolute atomic E-state index is 0.157. The third-order valence-corrected chi connectivity index (χ3v) is 8.02. The van der Waals surface area contributed by atoms with Crippen molar-refractivity contribution in [3.05, 3.63) is 27.8 Å². The number of esters is 1. The third kappa shape index (κ3) is 4.64. The topological polar surface area (TPSA) is 98.1 Å². The van der Waals surface area contributed by atoms with Crippen LogP contribution in [0.15, 0.2) is 22.5 Å². The number of ether oxygens (including phenoxy) is 1. The van der Waals surface area contributed by atoms with Crippen molar-refractivity contribution >= 4 is 35.1 Å². The highest BCUT2D eigenvalue weighted by Crippen LogP contribution is 2.38. The summed E-state index contributed by atoms with van der Waals surface area (Å²) in [5, 5.41) is 14.9. The van der Waals surface area contributed by atoms with E-state index in [1.54, 1.807) is 6.92 Å². The molecule has 166 valence electrons. The van der Waals surface area contributed by atoms with Crippen molar-refractivity contribution in [3.63, 3.8) is 0 Å². The highest BCUT2D eigenvalue weighted by molar-refractivity contribution is 7.99. The van der Waals surface area contributed by atoms with E-state index < -0.39 is 5.97 Å². The molecule has 1 aliphatic heterocycles. The van der Waals surface area contributed by atoms with Crippen LogP contribution in [-0.2, 0) is 29.4 Å². The fourth-order valence-electron chi connectivity index (χ4n) is 3.92. The number of thiophene rings is 1. The molecule has 1 unspecified atom stereocenters. The van der Waals surface area contributed by atoms with Gasteiger partial charge in [0, 0.05) is 23.4 Å². The highest BCUT2D eigenvalue weighted by Gasteiger charge is 2.25. The molecule has 2 amide bonds. The number of urea groups is 1. The van der Waals surface area contributed by atoms with Gasteiger partial charge in [-0.25, -0.2) is 9.59 Å². The quantitative estimate of drug-likeness (QED) is 0.485. The molecule has 10 heteroatoms. The Morgan fingerprint density at radius 2 is 2.23 bits per heavy atom. The van der Waals surface area contributed by atoms with Gasteiger partial charge in [0.05, 0.1) is 23.6 Å². The molecule has 0 fully saturated rings. The Morgan fingerprint density at radius 3 is 3.00 bits per heavy atom. The summed E-state index contributed by atoms with van der Waals surface area (Å²) in [7, 11) is 1.95. The molecule has 0 spiro atoms. The van der Waals surface area contributed by atoms with Gasteiger partial charge in [0.1, 0.15) is 0 Å². The standard InChI is InChI=1S/C21H27N5O3S2/c1-4-12-6-7-16-13(8-12)9-17(31-16)18-24-25-21(26(18)3)30-11-15-14(19(27)29-5-2)10-22-20(28)23-15/h9,12H,4-8,10-11H2,1-3H3,(H2,22,23,28). The monoisotopic (exact) mass is 461 g/mol. The smallest absolute Gasteiger partial charge is 0.337 e. The lowest BCUT2D eigenvalue weighted by Gasteiger charge is -2.20. The van der Waals surface area contributed by atoms with Gasteiger partial charge in [-0.2, -0.15) is 0 Å². The second-order valence-corrected chi connectivity index (χ2v) is 9.79. The number of nitrogens with zero attached hydrogens (tertiary/aromatic N) is 3. The number of hydrogen-bond acceptors (Lipinski definition) is 7. The molecule has 0 aromatic carbocycles. The largest absolute Gasteiger partial charge is 0.463 e. The van der Waals surface area contributed by atoms with Crippen molar-refractivity contribution in [3.8, 4) is 10.7 Å². The Morgan fingerprint density at radius 1 is 1.39 bits per heavy atom. The van der Waals surface area contributed by atoms with Crippen molar-refractivity contribution in [2.45, 2.75) is 44.7 Å². The Bertz CT molecular complexity index is 1030. The van der Waals surface area contributed by atoms with Gasteiger partial charge in [-0.1, -0.05) is 25.1 Å². The lowest BCUT2D eigenvalue weighted by Crippen LogP contribution is -2.44. The highest BCUT2D eigenvalue weighted by atomic mass is 32.2. The first kappa shape index (κ1) is 21.9. The van der Waals surface area contributed by atoms with E-state index >= 15 is 0 Å². The van der Waals surface area contributed by atoms with Crippen LogP contribution in [0, 0.1) is 5.92 Å². The van der Waals surface area contributed by atoms with Crippen LogP contribution >= 0.6 is 23.1 Å². The first-order valence-corrected chi connectivity index (χ1v) is 12.4. The van der Waals surface area contributed by atoms with Gasteiger partial charge in [0.25, 0.3) is 0 Å². The van der Waals surface area contributed by atoms with E-state index in [4.69, 9.17) is 4.74 Å². The zero-order valence-corrected chi connectivity index (χ0v) is 19.6. The second-order valence-electron chi connectivity index (χ2n) is 7.72. The maximum Gasteiger partial charge on any atom is 0.337 e. The number of carbonyl (C=O) groups excluding carboxylic acids is 2. The van der Waals surface area contributed by atoms with E-state index in [0.29, 0.717) is 17.0 Å². The average Bonchev–Trinajstić information content (AvgIpc) is 3.34. The minimum atomic E-state index is -0.418. The van der Waals surface area contributed by atoms with E-state index in [1.807, 2.05) is 23.0 Å². The van der Waals surface area contributed by atoms with Crippen molar-refractivity contribution in [2.75, 3.05) is 18.9 Å². The zero-order valence-electron chi connectivity index (χ0n) is 18.0. The van der Waals surface area contributed by atoms with Crippen molar-refractivity contribution in [1.29, 1.82) is 0 Å². The van der Waals surface area contributed by atoms with Crippen molar-refractivity contribution < 1.29 is 14.3 Å². The van der Waals surface area contributed by atoms with Gasteiger partial charge < -0.3 is 19.9 Å². The molecule has 2 aliphatic rings. The predicted molar refractivity (Wildman–Crippen MR) is 121 cm³/mol. The second kappa shape index (κ2) is 9.44. The van der Waals surface area contributed by atoms with Gasteiger partial charge in [-0.3, -0.25) is 0 Å². The molecule has 3 heterocycles. The maximum absolute atomic E-state index is 12.2. The number of carbonyl (C=O) groups is 2. The molecule has 0 bridgehead atoms. The summed E-state index contributed by atoms with van der Waals surface area (Å²) < 4.78 is 7.09. The minimum Gasteiger partial charge on any atom is -0.463 e. The van der Waals surface area contributed by atoms with E-state index in [1.165, 1.54) is 35.0 Å². The third-order valence-electron chi connectivity index (χ3n) is 5.74. The van der Waals surface area contributed by atoms with Crippen LogP contribution in [0.25, 0.3) is 10.7 Å². The number of thioether (sulfide) groups is 1. The lowest BCUT2D eigenvalue weighted by molar-refractivity contribution is -0.138. The molecule has 2 aromatic heterocycles. The normalized spacial score (nSPS) is 18.4. The van der Waals surface area contributed by atoms with Gasteiger partial charge in [-0.05, 0) is 43.7 Å². The number of nitrogens with one attached hydrogen (secondary N) is 2. The number of hydrogen-bond donors (Lipinski definition) is 2. The van der Waals surface area contributed by atoms with E-state index in [0.717, 1.165) is 34.6 Å². The van der Waals surface area contributed by atoms with Gasteiger partial charge in [-0.15, -0.1) is 21.5 Å². The van der Waals surface area contributed by atoms with Gasteiger partial charge >= 0.3 is 12.0 Å². The van der Waals surface area contributed by atoms with Gasteiger partial charge in [0.15, 0.2) is 11.0 Å². The SMILES string of the molecule is CCOC(=O)C1=C(CSc2nnc(-c3cc4c(s3)CCC(CC)C4)n2C)NC(=O)NC1. The molecule has 8 nitrogen and oxygen atoms in total. The van der Waals surface area contributed by atoms with Gasteiger partial charge in [0.2, 0.25) is 0 Å². The molecule has 2 N–H and O–H groups in total. The maximum atomic E-state index is 12.2. The summed E-state index contributed by atoms with van der Waals surface area (Å²) in [6, 6.07) is 1.95. The first-order valence-electron chi connectivity index (χ1n) is 10.6. The number of aryl methyl sites for hydroxylation is 1. The summed E-state index contributed by atoms with van der Waals surface area (Å²) in [6.07, 6.45) is 4.80. The number of rotatable bonds is 7. The molecular weight excluding hydrogens is 434 g/mol. The Hall–Kier alpha value is -2.33. The Balaban J connectivity index is 1.51. The predicted octanol–water partition coefficient (Wildman–Crippen LogP) is 3.28. The Labute approximate surface area is 189 Å². The lowest BCUT2D eigenvalue weighted by atomic mass is 9.87. The summed E-state index contributed by atoms with van der Waals surface area (Å²) in [6.45, 7) is 4.47. The number of aromatic nitrogens is 3. The molecule has 2 aromatic rings. The Kier molecular flexibility index (Phi) is 6.66. The van der Waals surface area contributed by atoms with Crippen LogP contribution in [0.5, 0.6) is 0 Å². The zero-order chi connectivity index (χ0) is 22.0. The van der Waals surface area contributed by atoms with Crippen LogP contribution in [0.1, 0.15) is 37.1 Å². The fraction of sp³-hybridized carbons (Fsp3) is 0.524. The summed E-state index contributed by atoms with van der Waals surface area (Å²) in [5.41, 5.74) is 2.44. The van der Waals surface area contributed by atoms with Crippen molar-refractivity contribution in [2.24, 2.45) is 13.0 Å². The number of fused-ring (bicyclic) bond motifs is 1.